The molecule has 1 fully saturated rings. The first-order valence-corrected chi connectivity index (χ1v) is 8.34. The molecule has 1 aliphatic heterocycles. The molecule has 1 atom stereocenters. The average molecular weight is 303 g/mol. The number of nitrogens with one attached hydrogen (secondary N) is 1. The fourth-order valence-electron chi connectivity index (χ4n) is 2.45. The van der Waals surface area contributed by atoms with Gasteiger partial charge in [-0.3, -0.25) is 0 Å². The van der Waals surface area contributed by atoms with Crippen molar-refractivity contribution < 1.29 is 9.47 Å². The summed E-state index contributed by atoms with van der Waals surface area (Å²) in [4.78, 5) is 1.36. The van der Waals surface area contributed by atoms with Crippen molar-refractivity contribution in [1.82, 2.24) is 5.32 Å². The van der Waals surface area contributed by atoms with Crippen LogP contribution in [0.15, 0.2) is 41.8 Å². The quantitative estimate of drug-likeness (QED) is 0.848. The zero-order chi connectivity index (χ0) is 14.3. The Hall–Kier alpha value is -1.36. The lowest BCUT2D eigenvalue weighted by molar-refractivity contribution is 0.0679. The largest absolute Gasteiger partial charge is 0.491 e. The van der Waals surface area contributed by atoms with Gasteiger partial charge >= 0.3 is 0 Å². The third kappa shape index (κ3) is 4.56. The molecule has 1 aromatic heterocycles. The standard InChI is InChI=1S/C17H21NO2S/c1-4-14(11-18-12-17-7-3-9-21-17)10-15(5-1)20-13-16-6-2-8-19-16/h1,3-5,7,9-10,16,18H,2,6,8,11-13H2. The van der Waals surface area contributed by atoms with Crippen molar-refractivity contribution in [3.8, 4) is 5.75 Å². The predicted molar refractivity (Wildman–Crippen MR) is 85.8 cm³/mol. The van der Waals surface area contributed by atoms with Crippen LogP contribution in [0, 0.1) is 0 Å². The second-order valence-corrected chi connectivity index (χ2v) is 6.31. The molecule has 3 nitrogen and oxygen atoms in total. The molecule has 1 unspecified atom stereocenters. The van der Waals surface area contributed by atoms with Crippen LogP contribution in [-0.4, -0.2) is 19.3 Å². The number of thiophene rings is 1. The van der Waals surface area contributed by atoms with Gasteiger partial charge in [0.15, 0.2) is 0 Å². The van der Waals surface area contributed by atoms with Gasteiger partial charge in [0.1, 0.15) is 12.4 Å². The van der Waals surface area contributed by atoms with E-state index < -0.39 is 0 Å². The second-order valence-electron chi connectivity index (χ2n) is 5.28. The van der Waals surface area contributed by atoms with Crippen LogP contribution in [0.25, 0.3) is 0 Å². The smallest absolute Gasteiger partial charge is 0.119 e. The second kappa shape index (κ2) is 7.59. The van der Waals surface area contributed by atoms with Crippen molar-refractivity contribution in [2.24, 2.45) is 0 Å². The molecule has 112 valence electrons. The molecule has 1 aromatic carbocycles. The van der Waals surface area contributed by atoms with Crippen LogP contribution in [0.3, 0.4) is 0 Å². The van der Waals surface area contributed by atoms with E-state index in [2.05, 4.69) is 35.0 Å². The summed E-state index contributed by atoms with van der Waals surface area (Å²) < 4.78 is 11.4. The van der Waals surface area contributed by atoms with Crippen LogP contribution in [0.5, 0.6) is 5.75 Å². The Balaban J connectivity index is 1.45. The summed E-state index contributed by atoms with van der Waals surface area (Å²) in [7, 11) is 0. The molecule has 0 spiro atoms. The molecule has 2 aromatic rings. The molecule has 0 amide bonds. The van der Waals surface area contributed by atoms with Gasteiger partial charge in [0.05, 0.1) is 6.10 Å². The maximum Gasteiger partial charge on any atom is 0.119 e. The van der Waals surface area contributed by atoms with Gasteiger partial charge in [0, 0.05) is 24.6 Å². The van der Waals surface area contributed by atoms with E-state index in [0.29, 0.717) is 6.61 Å². The molecule has 1 saturated heterocycles. The fourth-order valence-corrected chi connectivity index (χ4v) is 3.13. The Kier molecular flexibility index (Phi) is 5.27. The average Bonchev–Trinajstić information content (AvgIpc) is 3.19. The SMILES string of the molecule is c1cc(CNCc2cccs2)cc(OCC2CCCO2)c1. The summed E-state index contributed by atoms with van der Waals surface area (Å²) in [6.07, 6.45) is 2.54. The number of hydrogen-bond acceptors (Lipinski definition) is 4. The molecule has 4 heteroatoms. The number of ether oxygens (including phenoxy) is 2. The summed E-state index contributed by atoms with van der Waals surface area (Å²) in [5.74, 6) is 0.931. The maximum absolute atomic E-state index is 5.83. The minimum Gasteiger partial charge on any atom is -0.491 e. The molecule has 3 rings (SSSR count). The summed E-state index contributed by atoms with van der Waals surface area (Å²) in [5.41, 5.74) is 1.25. The van der Waals surface area contributed by atoms with Crippen LogP contribution in [0.2, 0.25) is 0 Å². The van der Waals surface area contributed by atoms with Crippen LogP contribution in [-0.2, 0) is 17.8 Å². The summed E-state index contributed by atoms with van der Waals surface area (Å²) in [5, 5.41) is 5.57. The molecule has 0 saturated carbocycles. The van der Waals surface area contributed by atoms with Gasteiger partial charge in [-0.1, -0.05) is 18.2 Å². The van der Waals surface area contributed by atoms with Gasteiger partial charge in [-0.15, -0.1) is 11.3 Å². The molecule has 0 radical (unpaired) electrons. The topological polar surface area (TPSA) is 30.5 Å². The molecule has 21 heavy (non-hydrogen) atoms. The summed E-state index contributed by atoms with van der Waals surface area (Å²) in [6.45, 7) is 3.31. The van der Waals surface area contributed by atoms with Crippen LogP contribution >= 0.6 is 11.3 Å². The third-order valence-electron chi connectivity index (χ3n) is 3.57. The summed E-state index contributed by atoms with van der Waals surface area (Å²) >= 11 is 1.78. The van der Waals surface area contributed by atoms with Gasteiger partial charge in [-0.25, -0.2) is 0 Å². The molecule has 0 aliphatic carbocycles. The molecule has 0 bridgehead atoms. The van der Waals surface area contributed by atoms with E-state index in [-0.39, 0.29) is 6.10 Å². The van der Waals surface area contributed by atoms with Crippen molar-refractivity contribution in [3.05, 3.63) is 52.2 Å². The molecule has 2 heterocycles. The van der Waals surface area contributed by atoms with Crippen molar-refractivity contribution in [1.29, 1.82) is 0 Å². The number of hydrogen-bond donors (Lipinski definition) is 1. The van der Waals surface area contributed by atoms with Crippen molar-refractivity contribution in [3.63, 3.8) is 0 Å². The lowest BCUT2D eigenvalue weighted by atomic mass is 10.2. The zero-order valence-electron chi connectivity index (χ0n) is 12.1. The predicted octanol–water partition coefficient (Wildman–Crippen LogP) is 3.60. The minimum absolute atomic E-state index is 0.269. The maximum atomic E-state index is 5.83. The van der Waals surface area contributed by atoms with Gasteiger partial charge in [0.25, 0.3) is 0 Å². The molecular weight excluding hydrogens is 282 g/mol. The summed E-state index contributed by atoms with van der Waals surface area (Å²) in [6, 6.07) is 12.5. The zero-order valence-corrected chi connectivity index (χ0v) is 12.9. The Morgan fingerprint density at radius 1 is 1.24 bits per heavy atom. The Labute approximate surface area is 129 Å². The first-order valence-electron chi connectivity index (χ1n) is 7.46. The first-order chi connectivity index (χ1) is 10.4. The Bertz CT molecular complexity index is 535. The fraction of sp³-hybridized carbons (Fsp3) is 0.412. The Morgan fingerprint density at radius 2 is 2.24 bits per heavy atom. The normalized spacial score (nSPS) is 18.0. The van der Waals surface area contributed by atoms with E-state index >= 15 is 0 Å². The molecule has 1 N–H and O–H groups in total. The minimum atomic E-state index is 0.269. The van der Waals surface area contributed by atoms with Crippen molar-refractivity contribution in [2.45, 2.75) is 32.0 Å². The van der Waals surface area contributed by atoms with Gasteiger partial charge < -0.3 is 14.8 Å². The van der Waals surface area contributed by atoms with Crippen molar-refractivity contribution in [2.75, 3.05) is 13.2 Å². The van der Waals surface area contributed by atoms with E-state index in [4.69, 9.17) is 9.47 Å². The van der Waals surface area contributed by atoms with Crippen molar-refractivity contribution >= 4 is 11.3 Å². The highest BCUT2D eigenvalue weighted by Crippen LogP contribution is 2.17. The molecule has 1 aliphatic rings. The van der Waals surface area contributed by atoms with Crippen LogP contribution in [0.1, 0.15) is 23.3 Å². The van der Waals surface area contributed by atoms with Gasteiger partial charge in [-0.05, 0) is 42.0 Å². The number of rotatable bonds is 7. The lowest BCUT2D eigenvalue weighted by Gasteiger charge is -2.12. The third-order valence-corrected chi connectivity index (χ3v) is 4.44. The highest BCUT2D eigenvalue weighted by molar-refractivity contribution is 7.09. The first kappa shape index (κ1) is 14.6. The van der Waals surface area contributed by atoms with Gasteiger partial charge in [0.2, 0.25) is 0 Å². The molecular formula is C17H21NO2S. The van der Waals surface area contributed by atoms with Gasteiger partial charge in [-0.2, -0.15) is 0 Å². The lowest BCUT2D eigenvalue weighted by Crippen LogP contribution is -2.16. The van der Waals surface area contributed by atoms with E-state index in [1.54, 1.807) is 11.3 Å². The van der Waals surface area contributed by atoms with Crippen LogP contribution < -0.4 is 10.1 Å². The van der Waals surface area contributed by atoms with E-state index in [1.165, 1.54) is 10.4 Å². The number of benzene rings is 1. The van der Waals surface area contributed by atoms with E-state index in [1.807, 2.05) is 12.1 Å². The van der Waals surface area contributed by atoms with E-state index in [9.17, 15) is 0 Å². The highest BCUT2D eigenvalue weighted by Gasteiger charge is 2.15. The van der Waals surface area contributed by atoms with Crippen LogP contribution in [0.4, 0.5) is 0 Å². The monoisotopic (exact) mass is 303 g/mol. The highest BCUT2D eigenvalue weighted by atomic mass is 32.1. The Morgan fingerprint density at radius 3 is 3.05 bits per heavy atom. The van der Waals surface area contributed by atoms with E-state index in [0.717, 1.165) is 38.3 Å².